The molecule has 0 saturated heterocycles. The van der Waals surface area contributed by atoms with Gasteiger partial charge in [-0.3, -0.25) is 9.36 Å². The van der Waals surface area contributed by atoms with Crippen molar-refractivity contribution in [2.45, 2.75) is 23.3 Å². The van der Waals surface area contributed by atoms with Gasteiger partial charge in [0.2, 0.25) is 0 Å². The summed E-state index contributed by atoms with van der Waals surface area (Å²) < 4.78 is 80.8. The SMILES string of the molecule is O=C(Nc1cc(C(F)(F)F)cc(C(F)(F)F)c1)c1ccc(CSc2nnc(-c3cccs3)n2-c2ccccc2)cc1. The van der Waals surface area contributed by atoms with E-state index in [2.05, 4.69) is 15.5 Å². The molecule has 0 unspecified atom stereocenters. The third kappa shape index (κ3) is 6.63. The van der Waals surface area contributed by atoms with Crippen LogP contribution in [0, 0.1) is 0 Å². The number of benzene rings is 3. The Bertz CT molecular complexity index is 1620. The van der Waals surface area contributed by atoms with Crippen LogP contribution in [0.2, 0.25) is 0 Å². The minimum atomic E-state index is -5.02. The van der Waals surface area contributed by atoms with Gasteiger partial charge in [-0.1, -0.05) is 48.2 Å². The second-order valence-corrected chi connectivity index (χ2v) is 10.6. The number of hydrogen-bond donors (Lipinski definition) is 1. The van der Waals surface area contributed by atoms with Crippen LogP contribution in [-0.2, 0) is 18.1 Å². The maximum absolute atomic E-state index is 13.1. The summed E-state index contributed by atoms with van der Waals surface area (Å²) in [6.07, 6.45) is -10.0. The Morgan fingerprint density at radius 2 is 1.49 bits per heavy atom. The van der Waals surface area contributed by atoms with Gasteiger partial charge in [0.25, 0.3) is 5.91 Å². The molecule has 1 amide bonds. The van der Waals surface area contributed by atoms with Crippen LogP contribution in [0.4, 0.5) is 32.0 Å². The van der Waals surface area contributed by atoms with E-state index >= 15 is 0 Å². The lowest BCUT2D eigenvalue weighted by molar-refractivity contribution is -0.143. The van der Waals surface area contributed by atoms with Crippen LogP contribution in [0.15, 0.2) is 95.5 Å². The van der Waals surface area contributed by atoms with Crippen molar-refractivity contribution in [2.24, 2.45) is 0 Å². The fraction of sp³-hybridized carbons (Fsp3) is 0.107. The Morgan fingerprint density at radius 1 is 0.829 bits per heavy atom. The summed E-state index contributed by atoms with van der Waals surface area (Å²) in [4.78, 5) is 13.6. The molecule has 5 nitrogen and oxygen atoms in total. The van der Waals surface area contributed by atoms with Crippen LogP contribution in [0.5, 0.6) is 0 Å². The summed E-state index contributed by atoms with van der Waals surface area (Å²) >= 11 is 2.96. The molecule has 5 aromatic rings. The first-order chi connectivity index (χ1) is 19.5. The average Bonchev–Trinajstić information content (AvgIpc) is 3.62. The van der Waals surface area contributed by atoms with Crippen molar-refractivity contribution in [2.75, 3.05) is 5.32 Å². The second kappa shape index (κ2) is 11.4. The third-order valence-electron chi connectivity index (χ3n) is 5.82. The molecule has 3 aromatic carbocycles. The van der Waals surface area contributed by atoms with Crippen LogP contribution in [0.25, 0.3) is 16.4 Å². The van der Waals surface area contributed by atoms with Crippen molar-refractivity contribution in [3.63, 3.8) is 0 Å². The topological polar surface area (TPSA) is 59.8 Å². The highest BCUT2D eigenvalue weighted by Crippen LogP contribution is 2.38. The van der Waals surface area contributed by atoms with Crippen molar-refractivity contribution >= 4 is 34.7 Å². The largest absolute Gasteiger partial charge is 0.416 e. The summed E-state index contributed by atoms with van der Waals surface area (Å²) in [6, 6.07) is 20.6. The van der Waals surface area contributed by atoms with Crippen molar-refractivity contribution in [1.82, 2.24) is 14.8 Å². The minimum Gasteiger partial charge on any atom is -0.322 e. The zero-order chi connectivity index (χ0) is 29.2. The van der Waals surface area contributed by atoms with Gasteiger partial charge in [-0.15, -0.1) is 21.5 Å². The first-order valence-corrected chi connectivity index (χ1v) is 13.7. The highest BCUT2D eigenvalue weighted by Gasteiger charge is 2.37. The summed E-state index contributed by atoms with van der Waals surface area (Å²) in [7, 11) is 0. The average molecular weight is 605 g/mol. The number of rotatable bonds is 7. The van der Waals surface area contributed by atoms with Gasteiger partial charge in [0, 0.05) is 22.7 Å². The summed E-state index contributed by atoms with van der Waals surface area (Å²) in [6.45, 7) is 0. The van der Waals surface area contributed by atoms with Gasteiger partial charge in [0.15, 0.2) is 11.0 Å². The molecule has 0 atom stereocenters. The Hall–Kier alpha value is -4.10. The van der Waals surface area contributed by atoms with Gasteiger partial charge in [0.05, 0.1) is 16.0 Å². The number of nitrogens with one attached hydrogen (secondary N) is 1. The Morgan fingerprint density at radius 3 is 2.07 bits per heavy atom. The number of amides is 1. The second-order valence-electron chi connectivity index (χ2n) is 8.69. The molecular weight excluding hydrogens is 586 g/mol. The van der Waals surface area contributed by atoms with Crippen molar-refractivity contribution in [1.29, 1.82) is 0 Å². The van der Waals surface area contributed by atoms with Crippen molar-refractivity contribution < 1.29 is 31.1 Å². The number of aromatic nitrogens is 3. The molecule has 210 valence electrons. The van der Waals surface area contributed by atoms with Gasteiger partial charge in [0.1, 0.15) is 0 Å². The molecule has 2 aromatic heterocycles. The van der Waals surface area contributed by atoms with Crippen LogP contribution in [0.1, 0.15) is 27.0 Å². The first kappa shape index (κ1) is 28.4. The normalized spacial score (nSPS) is 12.0. The number of carbonyl (C=O) groups is 1. The molecule has 0 aliphatic heterocycles. The molecule has 0 radical (unpaired) electrons. The number of carbonyl (C=O) groups excluding carboxylic acids is 1. The Balaban J connectivity index is 1.31. The van der Waals surface area contributed by atoms with Gasteiger partial charge in [-0.25, -0.2) is 0 Å². The third-order valence-corrected chi connectivity index (χ3v) is 7.68. The quantitative estimate of drug-likeness (QED) is 0.149. The molecule has 0 aliphatic rings. The molecule has 41 heavy (non-hydrogen) atoms. The van der Waals surface area contributed by atoms with Gasteiger partial charge in [-0.2, -0.15) is 26.3 Å². The lowest BCUT2D eigenvalue weighted by atomic mass is 10.1. The fourth-order valence-electron chi connectivity index (χ4n) is 3.87. The number of para-hydroxylation sites is 1. The molecule has 1 N–H and O–H groups in total. The number of anilines is 1. The highest BCUT2D eigenvalue weighted by molar-refractivity contribution is 7.98. The number of hydrogen-bond acceptors (Lipinski definition) is 5. The maximum Gasteiger partial charge on any atom is 0.416 e. The maximum atomic E-state index is 13.1. The predicted molar refractivity (Wildman–Crippen MR) is 145 cm³/mol. The van der Waals surface area contributed by atoms with Gasteiger partial charge in [-0.05, 0) is 59.5 Å². The summed E-state index contributed by atoms with van der Waals surface area (Å²) in [5, 5.41) is 13.5. The molecule has 0 spiro atoms. The standard InChI is InChI=1S/C28H18F6N4OS2/c29-27(30,31)19-13-20(28(32,33)34)15-21(14-19)35-25(39)18-10-8-17(9-11-18)16-41-26-37-36-24(23-7-4-12-40-23)38(26)22-5-2-1-3-6-22/h1-15H,16H2,(H,35,39). The van der Waals surface area contributed by atoms with E-state index in [-0.39, 0.29) is 11.6 Å². The monoisotopic (exact) mass is 604 g/mol. The number of alkyl halides is 6. The smallest absolute Gasteiger partial charge is 0.322 e. The lowest BCUT2D eigenvalue weighted by Gasteiger charge is -2.15. The van der Waals surface area contributed by atoms with Gasteiger partial charge < -0.3 is 5.32 Å². The molecule has 0 bridgehead atoms. The van der Waals surface area contributed by atoms with E-state index in [1.165, 1.54) is 35.2 Å². The van der Waals surface area contributed by atoms with Crippen LogP contribution < -0.4 is 5.32 Å². The van der Waals surface area contributed by atoms with Crippen LogP contribution >= 0.6 is 23.1 Å². The summed E-state index contributed by atoms with van der Waals surface area (Å²) in [5.41, 5.74) is -1.87. The van der Waals surface area contributed by atoms with E-state index in [9.17, 15) is 31.1 Å². The predicted octanol–water partition coefficient (Wildman–Crippen LogP) is 8.58. The number of thioether (sulfide) groups is 1. The minimum absolute atomic E-state index is 0.00408. The van der Waals surface area contributed by atoms with Crippen molar-refractivity contribution in [3.05, 3.63) is 113 Å². The highest BCUT2D eigenvalue weighted by atomic mass is 32.2. The molecule has 0 aliphatic carbocycles. The lowest BCUT2D eigenvalue weighted by Crippen LogP contribution is -2.16. The number of nitrogens with zero attached hydrogens (tertiary/aromatic N) is 3. The summed E-state index contributed by atoms with van der Waals surface area (Å²) in [5.74, 6) is 0.310. The Kier molecular flexibility index (Phi) is 7.91. The number of thiophene rings is 1. The molecule has 13 heteroatoms. The van der Waals surface area contributed by atoms with Crippen LogP contribution in [-0.4, -0.2) is 20.7 Å². The van der Waals surface area contributed by atoms with Gasteiger partial charge >= 0.3 is 12.4 Å². The zero-order valence-corrected chi connectivity index (χ0v) is 22.3. The van der Waals surface area contributed by atoms with Crippen molar-refractivity contribution in [3.8, 4) is 16.4 Å². The zero-order valence-electron chi connectivity index (χ0n) is 20.7. The Labute approximate surface area is 237 Å². The molecule has 5 rings (SSSR count). The van der Waals surface area contributed by atoms with E-state index in [0.29, 0.717) is 28.9 Å². The van der Waals surface area contributed by atoms with Crippen LogP contribution in [0.3, 0.4) is 0 Å². The van der Waals surface area contributed by atoms with E-state index in [0.717, 1.165) is 16.1 Å². The molecule has 2 heterocycles. The van der Waals surface area contributed by atoms with E-state index in [1.807, 2.05) is 52.4 Å². The van der Waals surface area contributed by atoms with E-state index in [4.69, 9.17) is 0 Å². The fourth-order valence-corrected chi connectivity index (χ4v) is 5.48. The molecule has 0 saturated carbocycles. The molecular formula is C28H18F6N4OS2. The van der Waals surface area contributed by atoms with E-state index < -0.39 is 35.1 Å². The first-order valence-electron chi connectivity index (χ1n) is 11.9. The van der Waals surface area contributed by atoms with E-state index in [1.54, 1.807) is 12.1 Å². The molecule has 0 fully saturated rings. The number of halogens is 6.